The number of nitrogens with one attached hydrogen (secondary N) is 1. The van der Waals surface area contributed by atoms with Gasteiger partial charge in [0.05, 0.1) is 19.1 Å². The molecule has 0 bridgehead atoms. The summed E-state index contributed by atoms with van der Waals surface area (Å²) in [6.07, 6.45) is 6.35. The van der Waals surface area contributed by atoms with Crippen LogP contribution >= 0.6 is 0 Å². The monoisotopic (exact) mass is 257 g/mol. The summed E-state index contributed by atoms with van der Waals surface area (Å²) in [6.45, 7) is 1.97. The Labute approximate surface area is 113 Å². The lowest BCUT2D eigenvalue weighted by molar-refractivity contribution is 0.414. The lowest BCUT2D eigenvalue weighted by atomic mass is 10.1. The summed E-state index contributed by atoms with van der Waals surface area (Å²) in [4.78, 5) is 4.29. The van der Waals surface area contributed by atoms with Crippen molar-refractivity contribution in [3.05, 3.63) is 48.0 Å². The Balaban J connectivity index is 1.77. The van der Waals surface area contributed by atoms with E-state index in [4.69, 9.17) is 4.74 Å². The number of hydrogen-bond acceptors (Lipinski definition) is 3. The average Bonchev–Trinajstić information content (AvgIpc) is 3.10. The van der Waals surface area contributed by atoms with Crippen LogP contribution in [0.1, 0.15) is 30.1 Å². The first kappa shape index (κ1) is 12.2. The Kier molecular flexibility index (Phi) is 3.51. The molecule has 1 aromatic heterocycles. The van der Waals surface area contributed by atoms with Crippen LogP contribution in [0, 0.1) is 0 Å². The third kappa shape index (κ3) is 2.63. The van der Waals surface area contributed by atoms with Gasteiger partial charge in [-0.3, -0.25) is 0 Å². The average molecular weight is 257 g/mol. The van der Waals surface area contributed by atoms with Crippen LogP contribution in [0.15, 0.2) is 36.8 Å². The Morgan fingerprint density at radius 1 is 1.37 bits per heavy atom. The molecule has 1 aliphatic rings. The van der Waals surface area contributed by atoms with Crippen LogP contribution in [0.3, 0.4) is 0 Å². The molecular formula is C15H19N3O. The maximum atomic E-state index is 5.18. The van der Waals surface area contributed by atoms with Crippen molar-refractivity contribution in [2.24, 2.45) is 0 Å². The zero-order valence-electron chi connectivity index (χ0n) is 11.2. The van der Waals surface area contributed by atoms with Crippen LogP contribution in [-0.2, 0) is 6.54 Å². The molecule has 0 aliphatic carbocycles. The number of ether oxygens (including phenoxy) is 1. The highest BCUT2D eigenvalue weighted by atomic mass is 16.5. The van der Waals surface area contributed by atoms with Gasteiger partial charge in [0.25, 0.3) is 0 Å². The topological polar surface area (TPSA) is 39.1 Å². The SMILES string of the molecule is COc1ccc(Cn2cncc2[C@@H]2CCCN2)cc1. The van der Waals surface area contributed by atoms with Gasteiger partial charge in [-0.05, 0) is 37.1 Å². The van der Waals surface area contributed by atoms with Crippen molar-refractivity contribution in [1.82, 2.24) is 14.9 Å². The van der Waals surface area contributed by atoms with Crippen molar-refractivity contribution >= 4 is 0 Å². The number of imidazole rings is 1. The zero-order chi connectivity index (χ0) is 13.1. The number of methoxy groups -OCH3 is 1. The van der Waals surface area contributed by atoms with Crippen LogP contribution in [0.25, 0.3) is 0 Å². The molecule has 1 N–H and O–H groups in total. The minimum Gasteiger partial charge on any atom is -0.497 e. The van der Waals surface area contributed by atoms with Crippen LogP contribution in [-0.4, -0.2) is 23.2 Å². The van der Waals surface area contributed by atoms with Crippen molar-refractivity contribution in [3.8, 4) is 5.75 Å². The number of benzene rings is 1. The molecule has 1 aromatic carbocycles. The highest BCUT2D eigenvalue weighted by Crippen LogP contribution is 2.23. The summed E-state index contributed by atoms with van der Waals surface area (Å²) in [7, 11) is 1.69. The van der Waals surface area contributed by atoms with Gasteiger partial charge in [0.15, 0.2) is 0 Å². The van der Waals surface area contributed by atoms with Gasteiger partial charge in [-0.2, -0.15) is 0 Å². The first-order chi connectivity index (χ1) is 9.36. The summed E-state index contributed by atoms with van der Waals surface area (Å²) in [5, 5.41) is 3.52. The number of hydrogen-bond donors (Lipinski definition) is 1. The normalized spacial score (nSPS) is 18.7. The highest BCUT2D eigenvalue weighted by Gasteiger charge is 2.19. The van der Waals surface area contributed by atoms with Gasteiger partial charge in [-0.25, -0.2) is 4.98 Å². The largest absolute Gasteiger partial charge is 0.497 e. The smallest absolute Gasteiger partial charge is 0.118 e. The fourth-order valence-corrected chi connectivity index (χ4v) is 2.62. The second kappa shape index (κ2) is 5.45. The van der Waals surface area contributed by atoms with E-state index in [9.17, 15) is 0 Å². The number of nitrogens with zero attached hydrogens (tertiary/aromatic N) is 2. The molecule has 3 rings (SSSR count). The van der Waals surface area contributed by atoms with Crippen molar-refractivity contribution < 1.29 is 4.74 Å². The van der Waals surface area contributed by atoms with Crippen molar-refractivity contribution in [3.63, 3.8) is 0 Å². The van der Waals surface area contributed by atoms with Gasteiger partial charge in [-0.1, -0.05) is 12.1 Å². The summed E-state index contributed by atoms with van der Waals surface area (Å²) in [5.74, 6) is 0.895. The lowest BCUT2D eigenvalue weighted by Gasteiger charge is -2.14. The van der Waals surface area contributed by atoms with E-state index in [2.05, 4.69) is 27.0 Å². The van der Waals surface area contributed by atoms with E-state index in [1.807, 2.05) is 24.7 Å². The molecule has 2 heterocycles. The molecule has 4 heteroatoms. The Bertz CT molecular complexity index is 527. The summed E-state index contributed by atoms with van der Waals surface area (Å²) in [6, 6.07) is 8.66. The van der Waals surface area contributed by atoms with Crippen molar-refractivity contribution in [2.45, 2.75) is 25.4 Å². The molecular weight excluding hydrogens is 238 g/mol. The van der Waals surface area contributed by atoms with E-state index in [1.165, 1.54) is 24.1 Å². The number of aromatic nitrogens is 2. The van der Waals surface area contributed by atoms with Gasteiger partial charge >= 0.3 is 0 Å². The van der Waals surface area contributed by atoms with E-state index in [-0.39, 0.29) is 0 Å². The zero-order valence-corrected chi connectivity index (χ0v) is 11.2. The molecule has 1 aliphatic heterocycles. The molecule has 1 saturated heterocycles. The second-order valence-electron chi connectivity index (χ2n) is 4.94. The van der Waals surface area contributed by atoms with Crippen LogP contribution in [0.4, 0.5) is 0 Å². The van der Waals surface area contributed by atoms with Crippen LogP contribution in [0.5, 0.6) is 5.75 Å². The van der Waals surface area contributed by atoms with Gasteiger partial charge < -0.3 is 14.6 Å². The lowest BCUT2D eigenvalue weighted by Crippen LogP contribution is -2.17. The summed E-state index contributed by atoms with van der Waals surface area (Å²) >= 11 is 0. The standard InChI is InChI=1S/C15H19N3O/c1-19-13-6-4-12(5-7-13)10-18-11-16-9-15(18)14-3-2-8-17-14/h4-7,9,11,14,17H,2-3,8,10H2,1H3/t14-/m0/s1. The Morgan fingerprint density at radius 3 is 2.89 bits per heavy atom. The maximum absolute atomic E-state index is 5.18. The van der Waals surface area contributed by atoms with Crippen molar-refractivity contribution in [2.75, 3.05) is 13.7 Å². The fourth-order valence-electron chi connectivity index (χ4n) is 2.62. The third-order valence-electron chi connectivity index (χ3n) is 3.67. The quantitative estimate of drug-likeness (QED) is 0.914. The summed E-state index contributed by atoms with van der Waals surface area (Å²) < 4.78 is 7.41. The molecule has 0 radical (unpaired) electrons. The van der Waals surface area contributed by atoms with Gasteiger partial charge in [0.1, 0.15) is 5.75 Å². The van der Waals surface area contributed by atoms with E-state index in [0.717, 1.165) is 18.8 Å². The maximum Gasteiger partial charge on any atom is 0.118 e. The van der Waals surface area contributed by atoms with E-state index in [1.54, 1.807) is 7.11 Å². The molecule has 0 unspecified atom stereocenters. The molecule has 1 atom stereocenters. The molecule has 2 aromatic rings. The molecule has 0 spiro atoms. The molecule has 100 valence electrons. The summed E-state index contributed by atoms with van der Waals surface area (Å²) in [5.41, 5.74) is 2.55. The van der Waals surface area contributed by atoms with Gasteiger partial charge in [0, 0.05) is 18.8 Å². The second-order valence-corrected chi connectivity index (χ2v) is 4.94. The first-order valence-corrected chi connectivity index (χ1v) is 6.73. The molecule has 19 heavy (non-hydrogen) atoms. The molecule has 4 nitrogen and oxygen atoms in total. The predicted octanol–water partition coefficient (Wildman–Crippen LogP) is 2.36. The van der Waals surface area contributed by atoms with Crippen molar-refractivity contribution in [1.29, 1.82) is 0 Å². The van der Waals surface area contributed by atoms with Gasteiger partial charge in [0.2, 0.25) is 0 Å². The predicted molar refractivity (Wildman–Crippen MR) is 74.3 cm³/mol. The Hall–Kier alpha value is -1.81. The third-order valence-corrected chi connectivity index (χ3v) is 3.67. The molecule has 1 fully saturated rings. The Morgan fingerprint density at radius 2 is 2.21 bits per heavy atom. The number of rotatable bonds is 4. The molecule has 0 amide bonds. The molecule has 0 saturated carbocycles. The van der Waals surface area contributed by atoms with Crippen LogP contribution in [0.2, 0.25) is 0 Å². The van der Waals surface area contributed by atoms with E-state index < -0.39 is 0 Å². The van der Waals surface area contributed by atoms with E-state index in [0.29, 0.717) is 6.04 Å². The minimum atomic E-state index is 0.459. The minimum absolute atomic E-state index is 0.459. The van der Waals surface area contributed by atoms with Gasteiger partial charge in [-0.15, -0.1) is 0 Å². The highest BCUT2D eigenvalue weighted by molar-refractivity contribution is 5.27. The first-order valence-electron chi connectivity index (χ1n) is 6.73. The van der Waals surface area contributed by atoms with Crippen LogP contribution < -0.4 is 10.1 Å². The fraction of sp³-hybridized carbons (Fsp3) is 0.400. The van der Waals surface area contributed by atoms with E-state index >= 15 is 0 Å².